The molecule has 2 aromatic rings. The topological polar surface area (TPSA) is 141 Å². The van der Waals surface area contributed by atoms with Crippen molar-refractivity contribution < 1.29 is 40.7 Å². The Labute approximate surface area is 264 Å². The van der Waals surface area contributed by atoms with Crippen molar-refractivity contribution in [3.05, 3.63) is 57.6 Å². The molecule has 3 atom stereocenters. The lowest BCUT2D eigenvalue weighted by Gasteiger charge is -2.28. The van der Waals surface area contributed by atoms with E-state index in [9.17, 15) is 36.4 Å². The average molecular weight is 672 g/mol. The van der Waals surface area contributed by atoms with E-state index in [1.165, 1.54) is 17.0 Å². The van der Waals surface area contributed by atoms with Crippen molar-refractivity contribution in [1.82, 2.24) is 19.8 Å². The van der Waals surface area contributed by atoms with Gasteiger partial charge in [0.1, 0.15) is 17.9 Å². The number of amides is 2. The SMILES string of the molecule is Cc1cc(S(=O)(=O)N[C@H]2CCN(CCOCCNC(=O)C(F)(F)F)C2=O)ccc1O[C@H]1c2cc(Cl)cc(C#N)c2C[C@@H]1N(C)C. The molecule has 0 aromatic heterocycles. The van der Waals surface area contributed by atoms with E-state index in [4.69, 9.17) is 21.1 Å². The minimum atomic E-state index is -4.98. The Morgan fingerprint density at radius 1 is 1.22 bits per heavy atom. The van der Waals surface area contributed by atoms with Crippen LogP contribution in [0.3, 0.4) is 0 Å². The first-order valence-corrected chi connectivity index (χ1v) is 15.9. The lowest BCUT2D eigenvalue weighted by molar-refractivity contribution is -0.173. The van der Waals surface area contributed by atoms with Crippen LogP contribution in [0.4, 0.5) is 13.2 Å². The van der Waals surface area contributed by atoms with Crippen LogP contribution < -0.4 is 14.8 Å². The number of benzene rings is 2. The van der Waals surface area contributed by atoms with Crippen LogP contribution in [0.5, 0.6) is 5.75 Å². The van der Waals surface area contributed by atoms with Gasteiger partial charge in [0.25, 0.3) is 0 Å². The molecule has 0 bridgehead atoms. The van der Waals surface area contributed by atoms with Crippen molar-refractivity contribution in [3.8, 4) is 11.8 Å². The maximum absolute atomic E-state index is 13.2. The second kappa shape index (κ2) is 13.9. The number of nitriles is 1. The van der Waals surface area contributed by atoms with Crippen LogP contribution in [0.2, 0.25) is 5.02 Å². The average Bonchev–Trinajstić information content (AvgIpc) is 3.50. The van der Waals surface area contributed by atoms with Gasteiger partial charge < -0.3 is 24.6 Å². The zero-order valence-electron chi connectivity index (χ0n) is 24.8. The largest absolute Gasteiger partial charge is 0.484 e. The van der Waals surface area contributed by atoms with Crippen LogP contribution in [0.1, 0.15) is 34.8 Å². The minimum absolute atomic E-state index is 0.00205. The minimum Gasteiger partial charge on any atom is -0.484 e. The number of rotatable bonds is 12. The molecule has 2 N–H and O–H groups in total. The summed E-state index contributed by atoms with van der Waals surface area (Å²) in [6.45, 7) is 1.55. The molecule has 1 aliphatic carbocycles. The van der Waals surface area contributed by atoms with Gasteiger partial charge in [-0.05, 0) is 80.9 Å². The maximum atomic E-state index is 13.2. The molecule has 1 fully saturated rings. The van der Waals surface area contributed by atoms with Gasteiger partial charge in [0.15, 0.2) is 0 Å². The number of ether oxygens (including phenoxy) is 2. The number of hydrogen-bond acceptors (Lipinski definition) is 8. The number of sulfonamides is 1. The van der Waals surface area contributed by atoms with Gasteiger partial charge in [0.2, 0.25) is 15.9 Å². The molecule has 2 aliphatic rings. The van der Waals surface area contributed by atoms with Crippen LogP contribution in [-0.4, -0.2) is 95.2 Å². The summed E-state index contributed by atoms with van der Waals surface area (Å²) in [5, 5.41) is 11.7. The highest BCUT2D eigenvalue weighted by Gasteiger charge is 2.39. The molecule has 0 saturated carbocycles. The molecular weight excluding hydrogens is 639 g/mol. The molecule has 16 heteroatoms. The van der Waals surface area contributed by atoms with Gasteiger partial charge in [0, 0.05) is 24.7 Å². The fraction of sp³-hybridized carbons (Fsp3) is 0.483. The summed E-state index contributed by atoms with van der Waals surface area (Å²) >= 11 is 6.29. The van der Waals surface area contributed by atoms with E-state index in [-0.39, 0.29) is 50.2 Å². The number of carbonyl (C=O) groups is 2. The van der Waals surface area contributed by atoms with E-state index >= 15 is 0 Å². The lowest BCUT2D eigenvalue weighted by Crippen LogP contribution is -2.42. The van der Waals surface area contributed by atoms with Crippen molar-refractivity contribution >= 4 is 33.4 Å². The number of alkyl halides is 3. The number of likely N-dealkylation sites (N-methyl/N-ethyl adjacent to an activating group) is 1. The second-order valence-electron chi connectivity index (χ2n) is 11.0. The van der Waals surface area contributed by atoms with Crippen LogP contribution in [0.15, 0.2) is 35.2 Å². The van der Waals surface area contributed by atoms with E-state index in [1.54, 1.807) is 30.4 Å². The molecule has 2 aromatic carbocycles. The highest BCUT2D eigenvalue weighted by atomic mass is 35.5. The van der Waals surface area contributed by atoms with Gasteiger partial charge in [-0.1, -0.05) is 11.6 Å². The zero-order valence-corrected chi connectivity index (χ0v) is 26.4. The normalized spacial score (nSPS) is 19.9. The monoisotopic (exact) mass is 671 g/mol. The van der Waals surface area contributed by atoms with Crippen molar-refractivity contribution in [2.45, 2.75) is 49.0 Å². The summed E-state index contributed by atoms with van der Waals surface area (Å²) < 4.78 is 77.1. The van der Waals surface area contributed by atoms with Gasteiger partial charge in [-0.25, -0.2) is 8.42 Å². The highest BCUT2D eigenvalue weighted by molar-refractivity contribution is 7.89. The van der Waals surface area contributed by atoms with Crippen molar-refractivity contribution in [3.63, 3.8) is 0 Å². The van der Waals surface area contributed by atoms with Gasteiger partial charge in [-0.3, -0.25) is 9.59 Å². The summed E-state index contributed by atoms with van der Waals surface area (Å²) in [6.07, 6.45) is -4.62. The number of nitrogens with one attached hydrogen (secondary N) is 2. The molecule has 1 saturated heterocycles. The quantitative estimate of drug-likeness (QED) is 0.328. The summed E-state index contributed by atoms with van der Waals surface area (Å²) in [6, 6.07) is 8.94. The first-order chi connectivity index (χ1) is 21.1. The molecule has 45 heavy (non-hydrogen) atoms. The summed E-state index contributed by atoms with van der Waals surface area (Å²) in [5.74, 6) is -2.06. The summed E-state index contributed by atoms with van der Waals surface area (Å²) in [5.41, 5.74) is 2.71. The molecule has 2 amide bonds. The van der Waals surface area contributed by atoms with E-state index in [0.29, 0.717) is 28.3 Å². The van der Waals surface area contributed by atoms with Gasteiger partial charge in [-0.15, -0.1) is 0 Å². The number of aryl methyl sites for hydroxylation is 1. The van der Waals surface area contributed by atoms with E-state index in [2.05, 4.69) is 10.8 Å². The standard InChI is InChI=1S/C29H33ClF3N5O6S/c1-17-12-20(4-5-25(17)44-26-22-14-19(30)13-18(16-34)21(22)15-24(26)37(2)3)45(41,42)36-23-6-8-38(27(23)39)9-11-43-10-7-35-28(40)29(31,32)33/h4-5,12-14,23-24,26,36H,6-11,15H2,1-3H3,(H,35,40)/t23-,24-,26-/m0/s1. The number of carbonyl (C=O) groups excluding carboxylic acids is 2. The van der Waals surface area contributed by atoms with Crippen molar-refractivity contribution in [1.29, 1.82) is 5.26 Å². The summed E-state index contributed by atoms with van der Waals surface area (Å²) in [4.78, 5) is 27.0. The van der Waals surface area contributed by atoms with Crippen LogP contribution >= 0.6 is 11.6 Å². The fourth-order valence-electron chi connectivity index (χ4n) is 5.36. The molecule has 0 spiro atoms. The van der Waals surface area contributed by atoms with Gasteiger partial charge in [0.05, 0.1) is 35.8 Å². The van der Waals surface area contributed by atoms with Gasteiger partial charge >= 0.3 is 12.1 Å². The first kappa shape index (κ1) is 34.5. The predicted molar refractivity (Wildman–Crippen MR) is 157 cm³/mol. The van der Waals surface area contributed by atoms with Crippen LogP contribution in [0.25, 0.3) is 0 Å². The third kappa shape index (κ3) is 8.06. The number of fused-ring (bicyclic) bond motifs is 1. The summed E-state index contributed by atoms with van der Waals surface area (Å²) in [7, 11) is -0.258. The molecule has 244 valence electrons. The molecule has 0 radical (unpaired) electrons. The maximum Gasteiger partial charge on any atom is 0.471 e. The lowest BCUT2D eigenvalue weighted by atomic mass is 10.0. The fourth-order valence-corrected chi connectivity index (χ4v) is 6.89. The molecule has 0 unspecified atom stereocenters. The highest BCUT2D eigenvalue weighted by Crippen LogP contribution is 2.41. The van der Waals surface area contributed by atoms with Gasteiger partial charge in [-0.2, -0.15) is 23.2 Å². The number of halogens is 4. The number of nitrogens with zero attached hydrogens (tertiary/aromatic N) is 3. The molecule has 11 nitrogen and oxygen atoms in total. The van der Waals surface area contributed by atoms with Crippen molar-refractivity contribution in [2.75, 3.05) is 46.9 Å². The van der Waals surface area contributed by atoms with E-state index < -0.39 is 40.2 Å². The van der Waals surface area contributed by atoms with Crippen LogP contribution in [0, 0.1) is 18.3 Å². The molecule has 1 aliphatic heterocycles. The Bertz CT molecular complexity index is 1600. The third-order valence-electron chi connectivity index (χ3n) is 7.70. The second-order valence-corrected chi connectivity index (χ2v) is 13.1. The molecular formula is C29H33ClF3N5O6S. The Morgan fingerprint density at radius 3 is 2.60 bits per heavy atom. The Kier molecular flexibility index (Phi) is 10.7. The van der Waals surface area contributed by atoms with Crippen LogP contribution in [-0.2, 0) is 30.8 Å². The Morgan fingerprint density at radius 2 is 1.96 bits per heavy atom. The molecule has 4 rings (SSSR count). The Hall–Kier alpha value is -3.42. The molecule has 1 heterocycles. The predicted octanol–water partition coefficient (Wildman–Crippen LogP) is 2.70. The Balaban J connectivity index is 1.35. The first-order valence-electron chi connectivity index (χ1n) is 14.0. The number of hydrogen-bond donors (Lipinski definition) is 2. The van der Waals surface area contributed by atoms with Crippen molar-refractivity contribution in [2.24, 2.45) is 0 Å². The van der Waals surface area contributed by atoms with E-state index in [1.807, 2.05) is 19.0 Å². The smallest absolute Gasteiger partial charge is 0.471 e. The third-order valence-corrected chi connectivity index (χ3v) is 9.39. The zero-order chi connectivity index (χ0) is 33.1. The number of likely N-dealkylation sites (tertiary alicyclic amines) is 1. The van der Waals surface area contributed by atoms with E-state index in [0.717, 1.165) is 11.1 Å².